The summed E-state index contributed by atoms with van der Waals surface area (Å²) in [6, 6.07) is 14.1. The number of benzene rings is 1. The number of nitrogens with two attached hydrogens (primary N) is 1. The first-order chi connectivity index (χ1) is 7.40. The van der Waals surface area contributed by atoms with Crippen LogP contribution in [-0.4, -0.2) is 4.98 Å². The zero-order valence-corrected chi connectivity index (χ0v) is 9.08. The second-order valence-electron chi connectivity index (χ2n) is 3.09. The maximum absolute atomic E-state index is 5.65. The minimum absolute atomic E-state index is 0.531. The van der Waals surface area contributed by atoms with Gasteiger partial charge in [0.05, 0.1) is 0 Å². The highest BCUT2D eigenvalue weighted by Crippen LogP contribution is 2.27. The standard InChI is InChI=1S/C12H12N2S/c13-9-10-5-4-8-14-12(10)15-11-6-2-1-3-7-11/h1-8H,9,13H2. The molecule has 15 heavy (non-hydrogen) atoms. The van der Waals surface area contributed by atoms with E-state index in [1.165, 1.54) is 4.90 Å². The van der Waals surface area contributed by atoms with E-state index < -0.39 is 0 Å². The third-order valence-corrected chi connectivity index (χ3v) is 3.10. The summed E-state index contributed by atoms with van der Waals surface area (Å²) in [7, 11) is 0. The van der Waals surface area contributed by atoms with Gasteiger partial charge in [0, 0.05) is 17.6 Å². The monoisotopic (exact) mass is 216 g/mol. The second kappa shape index (κ2) is 4.96. The Morgan fingerprint density at radius 1 is 1.07 bits per heavy atom. The molecule has 2 rings (SSSR count). The van der Waals surface area contributed by atoms with Crippen LogP contribution >= 0.6 is 11.8 Å². The van der Waals surface area contributed by atoms with E-state index in [-0.39, 0.29) is 0 Å². The molecule has 1 heterocycles. The van der Waals surface area contributed by atoms with Crippen molar-refractivity contribution in [3.63, 3.8) is 0 Å². The number of hydrogen-bond donors (Lipinski definition) is 1. The fraction of sp³-hybridized carbons (Fsp3) is 0.0833. The van der Waals surface area contributed by atoms with Gasteiger partial charge >= 0.3 is 0 Å². The van der Waals surface area contributed by atoms with Gasteiger partial charge in [-0.1, -0.05) is 36.0 Å². The minimum atomic E-state index is 0.531. The van der Waals surface area contributed by atoms with Crippen LogP contribution < -0.4 is 5.73 Å². The predicted molar refractivity (Wildman–Crippen MR) is 62.7 cm³/mol. The molecule has 0 spiro atoms. The Morgan fingerprint density at radius 2 is 1.87 bits per heavy atom. The Balaban J connectivity index is 2.24. The molecular weight excluding hydrogens is 204 g/mol. The molecule has 0 aliphatic heterocycles. The van der Waals surface area contributed by atoms with E-state index in [1.807, 2.05) is 30.3 Å². The first-order valence-corrected chi connectivity index (χ1v) is 5.58. The van der Waals surface area contributed by atoms with Crippen molar-refractivity contribution >= 4 is 11.8 Å². The molecule has 0 fully saturated rings. The molecule has 3 heteroatoms. The van der Waals surface area contributed by atoms with Gasteiger partial charge < -0.3 is 5.73 Å². The third kappa shape index (κ3) is 2.58. The molecule has 2 N–H and O–H groups in total. The summed E-state index contributed by atoms with van der Waals surface area (Å²) in [5.74, 6) is 0. The maximum Gasteiger partial charge on any atom is 0.105 e. The van der Waals surface area contributed by atoms with E-state index in [9.17, 15) is 0 Å². The molecule has 2 aromatic rings. The predicted octanol–water partition coefficient (Wildman–Crippen LogP) is 2.69. The SMILES string of the molecule is NCc1cccnc1Sc1ccccc1. The highest BCUT2D eigenvalue weighted by Gasteiger charge is 2.02. The molecule has 1 aromatic heterocycles. The number of nitrogens with zero attached hydrogens (tertiary/aromatic N) is 1. The van der Waals surface area contributed by atoms with Gasteiger partial charge in [0.15, 0.2) is 0 Å². The van der Waals surface area contributed by atoms with Crippen molar-refractivity contribution in [2.45, 2.75) is 16.5 Å². The van der Waals surface area contributed by atoms with E-state index in [0.29, 0.717) is 6.54 Å². The Kier molecular flexibility index (Phi) is 3.37. The number of rotatable bonds is 3. The lowest BCUT2D eigenvalue weighted by Gasteiger charge is -2.05. The van der Waals surface area contributed by atoms with Crippen LogP contribution in [0.3, 0.4) is 0 Å². The fourth-order valence-electron chi connectivity index (χ4n) is 1.27. The summed E-state index contributed by atoms with van der Waals surface area (Å²) >= 11 is 1.65. The van der Waals surface area contributed by atoms with Gasteiger partial charge in [-0.25, -0.2) is 4.98 Å². The number of hydrogen-bond acceptors (Lipinski definition) is 3. The van der Waals surface area contributed by atoms with Crippen LogP contribution in [0.2, 0.25) is 0 Å². The molecule has 0 amide bonds. The highest BCUT2D eigenvalue weighted by atomic mass is 32.2. The lowest BCUT2D eigenvalue weighted by molar-refractivity contribution is 0.963. The fourth-order valence-corrected chi connectivity index (χ4v) is 2.18. The minimum Gasteiger partial charge on any atom is -0.326 e. The van der Waals surface area contributed by atoms with Crippen LogP contribution in [0.15, 0.2) is 58.6 Å². The van der Waals surface area contributed by atoms with E-state index in [1.54, 1.807) is 18.0 Å². The van der Waals surface area contributed by atoms with Crippen molar-refractivity contribution in [1.29, 1.82) is 0 Å². The summed E-state index contributed by atoms with van der Waals surface area (Å²) in [4.78, 5) is 5.51. The quantitative estimate of drug-likeness (QED) is 0.857. The van der Waals surface area contributed by atoms with Crippen LogP contribution in [-0.2, 0) is 6.54 Å². The summed E-state index contributed by atoms with van der Waals surface area (Å²) < 4.78 is 0. The molecule has 2 nitrogen and oxygen atoms in total. The van der Waals surface area contributed by atoms with E-state index in [2.05, 4.69) is 17.1 Å². The topological polar surface area (TPSA) is 38.9 Å². The molecule has 0 atom stereocenters. The Labute approximate surface area is 93.5 Å². The van der Waals surface area contributed by atoms with Gasteiger partial charge in [0.25, 0.3) is 0 Å². The van der Waals surface area contributed by atoms with Crippen molar-refractivity contribution in [2.24, 2.45) is 5.73 Å². The van der Waals surface area contributed by atoms with E-state index >= 15 is 0 Å². The second-order valence-corrected chi connectivity index (χ2v) is 4.15. The Hall–Kier alpha value is -1.32. The molecule has 1 aromatic carbocycles. The Bertz CT molecular complexity index is 429. The van der Waals surface area contributed by atoms with Crippen molar-refractivity contribution in [3.05, 3.63) is 54.2 Å². The molecule has 76 valence electrons. The molecule has 0 saturated carbocycles. The zero-order valence-electron chi connectivity index (χ0n) is 8.26. The average molecular weight is 216 g/mol. The lowest BCUT2D eigenvalue weighted by atomic mass is 10.3. The molecule has 0 aliphatic rings. The van der Waals surface area contributed by atoms with Gasteiger partial charge in [0.1, 0.15) is 5.03 Å². The van der Waals surface area contributed by atoms with Gasteiger partial charge in [-0.2, -0.15) is 0 Å². The smallest absolute Gasteiger partial charge is 0.105 e. The normalized spacial score (nSPS) is 10.2. The van der Waals surface area contributed by atoms with Crippen LogP contribution in [0.4, 0.5) is 0 Å². The van der Waals surface area contributed by atoms with Gasteiger partial charge in [-0.3, -0.25) is 0 Å². The van der Waals surface area contributed by atoms with Crippen molar-refractivity contribution in [2.75, 3.05) is 0 Å². The highest BCUT2D eigenvalue weighted by molar-refractivity contribution is 7.99. The molecule has 0 radical (unpaired) electrons. The van der Waals surface area contributed by atoms with Crippen molar-refractivity contribution < 1.29 is 0 Å². The van der Waals surface area contributed by atoms with E-state index in [4.69, 9.17) is 5.73 Å². The van der Waals surface area contributed by atoms with Gasteiger partial charge in [-0.15, -0.1) is 0 Å². The molecule has 0 saturated heterocycles. The molecule has 0 aliphatic carbocycles. The summed E-state index contributed by atoms with van der Waals surface area (Å²) in [5.41, 5.74) is 6.74. The van der Waals surface area contributed by atoms with Crippen molar-refractivity contribution in [1.82, 2.24) is 4.98 Å². The number of pyridine rings is 1. The van der Waals surface area contributed by atoms with Gasteiger partial charge in [0.2, 0.25) is 0 Å². The molecule has 0 bridgehead atoms. The summed E-state index contributed by atoms with van der Waals surface area (Å²) in [6.45, 7) is 0.531. The lowest BCUT2D eigenvalue weighted by Crippen LogP contribution is -1.99. The molecular formula is C12H12N2S. The Morgan fingerprint density at radius 3 is 2.60 bits per heavy atom. The number of aromatic nitrogens is 1. The van der Waals surface area contributed by atoms with Crippen LogP contribution in [0.1, 0.15) is 5.56 Å². The van der Waals surface area contributed by atoms with E-state index in [0.717, 1.165) is 10.6 Å². The maximum atomic E-state index is 5.65. The van der Waals surface area contributed by atoms with Crippen molar-refractivity contribution in [3.8, 4) is 0 Å². The van der Waals surface area contributed by atoms with Crippen LogP contribution in [0, 0.1) is 0 Å². The third-order valence-electron chi connectivity index (χ3n) is 2.03. The summed E-state index contributed by atoms with van der Waals surface area (Å²) in [6.07, 6.45) is 1.80. The zero-order chi connectivity index (χ0) is 10.5. The first kappa shape index (κ1) is 10.2. The average Bonchev–Trinajstić information content (AvgIpc) is 2.31. The van der Waals surface area contributed by atoms with Crippen LogP contribution in [0.25, 0.3) is 0 Å². The largest absolute Gasteiger partial charge is 0.326 e. The van der Waals surface area contributed by atoms with Crippen LogP contribution in [0.5, 0.6) is 0 Å². The molecule has 0 unspecified atom stereocenters. The first-order valence-electron chi connectivity index (χ1n) is 4.77. The summed E-state index contributed by atoms with van der Waals surface area (Å²) in [5, 5.41) is 0.992. The van der Waals surface area contributed by atoms with Gasteiger partial charge in [-0.05, 0) is 23.8 Å².